The standard InChI is InChI=1S/C21H25N3O2S/c1-14(9-10-16-7-5-4-6-8-16)22-20(25)15(2)27-21-23-18-12-11-17(26-3)13-19(18)24-21/h4-8,11-15H,9-10H2,1-3H3,(H,22,25)(H,23,24)/t14-,15+/m0/s1. The predicted octanol–water partition coefficient (Wildman–Crippen LogP) is 4.19. The van der Waals surface area contributed by atoms with Gasteiger partial charge in [-0.1, -0.05) is 42.1 Å². The molecule has 0 saturated carbocycles. The zero-order valence-corrected chi connectivity index (χ0v) is 16.7. The molecule has 0 aliphatic rings. The molecule has 0 spiro atoms. The van der Waals surface area contributed by atoms with E-state index in [-0.39, 0.29) is 17.2 Å². The van der Waals surface area contributed by atoms with Crippen molar-refractivity contribution in [2.24, 2.45) is 0 Å². The minimum atomic E-state index is -0.230. The molecule has 0 unspecified atom stereocenters. The smallest absolute Gasteiger partial charge is 0.233 e. The van der Waals surface area contributed by atoms with Crippen molar-refractivity contribution in [3.05, 3.63) is 54.1 Å². The summed E-state index contributed by atoms with van der Waals surface area (Å²) in [5.41, 5.74) is 3.06. The number of carbonyl (C=O) groups excluding carboxylic acids is 1. The van der Waals surface area contributed by atoms with Crippen LogP contribution in [0, 0.1) is 0 Å². The third-order valence-corrected chi connectivity index (χ3v) is 5.41. The number of rotatable bonds is 8. The topological polar surface area (TPSA) is 67.0 Å². The van der Waals surface area contributed by atoms with Gasteiger partial charge in [-0.25, -0.2) is 4.98 Å². The highest BCUT2D eigenvalue weighted by Crippen LogP contribution is 2.25. The minimum Gasteiger partial charge on any atom is -0.497 e. The number of nitrogens with zero attached hydrogens (tertiary/aromatic N) is 1. The molecule has 0 bridgehead atoms. The number of ether oxygens (including phenoxy) is 1. The Morgan fingerprint density at radius 2 is 2.00 bits per heavy atom. The van der Waals surface area contributed by atoms with E-state index in [1.165, 1.54) is 17.3 Å². The Hall–Kier alpha value is -2.47. The zero-order valence-electron chi connectivity index (χ0n) is 15.9. The average molecular weight is 384 g/mol. The zero-order chi connectivity index (χ0) is 19.2. The molecule has 6 heteroatoms. The van der Waals surface area contributed by atoms with Gasteiger partial charge in [-0.3, -0.25) is 4.79 Å². The van der Waals surface area contributed by atoms with Gasteiger partial charge in [-0.2, -0.15) is 0 Å². The summed E-state index contributed by atoms with van der Waals surface area (Å²) in [6, 6.07) is 16.1. The number of methoxy groups -OCH3 is 1. The van der Waals surface area contributed by atoms with Crippen LogP contribution in [0.3, 0.4) is 0 Å². The molecule has 1 aromatic heterocycles. The maximum atomic E-state index is 12.5. The van der Waals surface area contributed by atoms with Crippen LogP contribution in [0.5, 0.6) is 5.75 Å². The number of amides is 1. The Labute approximate surface area is 163 Å². The number of thioether (sulfide) groups is 1. The summed E-state index contributed by atoms with van der Waals surface area (Å²) in [7, 11) is 1.64. The van der Waals surface area contributed by atoms with E-state index < -0.39 is 0 Å². The highest BCUT2D eigenvalue weighted by Gasteiger charge is 2.18. The number of hydrogen-bond acceptors (Lipinski definition) is 4. The maximum Gasteiger partial charge on any atom is 0.233 e. The summed E-state index contributed by atoms with van der Waals surface area (Å²) >= 11 is 1.43. The van der Waals surface area contributed by atoms with E-state index in [4.69, 9.17) is 4.74 Å². The van der Waals surface area contributed by atoms with Gasteiger partial charge in [0.2, 0.25) is 5.91 Å². The van der Waals surface area contributed by atoms with E-state index in [0.717, 1.165) is 34.8 Å². The SMILES string of the molecule is COc1ccc2nc(S[C@H](C)C(=O)N[C@@H](C)CCc3ccccc3)[nH]c2c1. The average Bonchev–Trinajstić information content (AvgIpc) is 3.08. The molecule has 3 aromatic rings. The van der Waals surface area contributed by atoms with Gasteiger partial charge >= 0.3 is 0 Å². The number of aryl methyl sites for hydroxylation is 1. The molecular weight excluding hydrogens is 358 g/mol. The number of carbonyl (C=O) groups is 1. The van der Waals surface area contributed by atoms with Gasteiger partial charge in [-0.15, -0.1) is 0 Å². The lowest BCUT2D eigenvalue weighted by Gasteiger charge is -2.16. The first kappa shape index (κ1) is 19.3. The molecule has 2 atom stereocenters. The van der Waals surface area contributed by atoms with Gasteiger partial charge in [0.05, 0.1) is 23.4 Å². The monoisotopic (exact) mass is 383 g/mol. The fourth-order valence-electron chi connectivity index (χ4n) is 2.83. The van der Waals surface area contributed by atoms with E-state index >= 15 is 0 Å². The first-order valence-electron chi connectivity index (χ1n) is 9.10. The van der Waals surface area contributed by atoms with E-state index in [2.05, 4.69) is 27.4 Å². The minimum absolute atomic E-state index is 0.0265. The van der Waals surface area contributed by atoms with Crippen molar-refractivity contribution < 1.29 is 9.53 Å². The van der Waals surface area contributed by atoms with Crippen LogP contribution in [0.4, 0.5) is 0 Å². The molecule has 142 valence electrons. The van der Waals surface area contributed by atoms with E-state index in [1.54, 1.807) is 7.11 Å². The van der Waals surface area contributed by atoms with Gasteiger partial charge in [0.25, 0.3) is 0 Å². The van der Waals surface area contributed by atoms with Crippen LogP contribution in [0.2, 0.25) is 0 Å². The van der Waals surface area contributed by atoms with Gasteiger partial charge in [-0.05, 0) is 44.4 Å². The second kappa shape index (κ2) is 8.95. The molecule has 1 heterocycles. The molecule has 3 rings (SSSR count). The van der Waals surface area contributed by atoms with Crippen molar-refractivity contribution in [2.75, 3.05) is 7.11 Å². The summed E-state index contributed by atoms with van der Waals surface area (Å²) < 4.78 is 5.23. The lowest BCUT2D eigenvalue weighted by Crippen LogP contribution is -2.37. The summed E-state index contributed by atoms with van der Waals surface area (Å²) in [6.45, 7) is 3.95. The normalized spacial score (nSPS) is 13.3. The second-order valence-electron chi connectivity index (χ2n) is 6.62. The quantitative estimate of drug-likeness (QED) is 0.573. The fourth-order valence-corrected chi connectivity index (χ4v) is 3.66. The van der Waals surface area contributed by atoms with Crippen LogP contribution in [-0.2, 0) is 11.2 Å². The highest BCUT2D eigenvalue weighted by atomic mass is 32.2. The van der Waals surface area contributed by atoms with Gasteiger partial charge in [0.1, 0.15) is 5.75 Å². The van der Waals surface area contributed by atoms with Crippen LogP contribution in [0.1, 0.15) is 25.8 Å². The Morgan fingerprint density at radius 3 is 2.74 bits per heavy atom. The molecule has 2 aromatic carbocycles. The van der Waals surface area contributed by atoms with Crippen molar-refractivity contribution in [3.63, 3.8) is 0 Å². The van der Waals surface area contributed by atoms with Gasteiger partial charge in [0, 0.05) is 12.1 Å². The van der Waals surface area contributed by atoms with Crippen LogP contribution in [-0.4, -0.2) is 34.3 Å². The van der Waals surface area contributed by atoms with E-state index in [1.807, 2.05) is 50.2 Å². The van der Waals surface area contributed by atoms with Gasteiger partial charge in [0.15, 0.2) is 5.16 Å². The second-order valence-corrected chi connectivity index (χ2v) is 7.95. The summed E-state index contributed by atoms with van der Waals surface area (Å²) in [5, 5.41) is 3.60. The molecule has 5 nitrogen and oxygen atoms in total. The van der Waals surface area contributed by atoms with Crippen LogP contribution >= 0.6 is 11.8 Å². The van der Waals surface area contributed by atoms with Crippen LogP contribution in [0.25, 0.3) is 11.0 Å². The lowest BCUT2D eigenvalue weighted by atomic mass is 10.1. The molecule has 0 aliphatic carbocycles. The Balaban J connectivity index is 1.52. The first-order chi connectivity index (χ1) is 13.0. The number of aromatic nitrogens is 2. The van der Waals surface area contributed by atoms with Crippen LogP contribution in [0.15, 0.2) is 53.7 Å². The number of imidazole rings is 1. The Kier molecular flexibility index (Phi) is 6.40. The maximum absolute atomic E-state index is 12.5. The van der Waals surface area contributed by atoms with Crippen molar-refractivity contribution in [2.45, 2.75) is 43.1 Å². The molecular formula is C21H25N3O2S. The third-order valence-electron chi connectivity index (χ3n) is 4.42. The van der Waals surface area contributed by atoms with Gasteiger partial charge < -0.3 is 15.0 Å². The molecule has 1 amide bonds. The predicted molar refractivity (Wildman–Crippen MR) is 110 cm³/mol. The molecule has 0 aliphatic heterocycles. The number of benzene rings is 2. The Bertz CT molecular complexity index is 895. The summed E-state index contributed by atoms with van der Waals surface area (Å²) in [5.74, 6) is 0.805. The molecule has 0 radical (unpaired) electrons. The largest absolute Gasteiger partial charge is 0.497 e. The number of fused-ring (bicyclic) bond motifs is 1. The van der Waals surface area contributed by atoms with Crippen molar-refractivity contribution >= 4 is 28.7 Å². The Morgan fingerprint density at radius 1 is 1.22 bits per heavy atom. The fraction of sp³-hybridized carbons (Fsp3) is 0.333. The highest BCUT2D eigenvalue weighted by molar-refractivity contribution is 8.00. The summed E-state index contributed by atoms with van der Waals surface area (Å²) in [4.78, 5) is 20.3. The molecule has 0 saturated heterocycles. The first-order valence-corrected chi connectivity index (χ1v) is 9.98. The molecule has 27 heavy (non-hydrogen) atoms. The van der Waals surface area contributed by atoms with Crippen LogP contribution < -0.4 is 10.1 Å². The van der Waals surface area contributed by atoms with Crippen molar-refractivity contribution in [3.8, 4) is 5.75 Å². The number of nitrogens with one attached hydrogen (secondary N) is 2. The van der Waals surface area contributed by atoms with Crippen molar-refractivity contribution in [1.82, 2.24) is 15.3 Å². The van der Waals surface area contributed by atoms with E-state index in [0.29, 0.717) is 0 Å². The van der Waals surface area contributed by atoms with Crippen molar-refractivity contribution in [1.29, 1.82) is 0 Å². The number of H-pyrrole nitrogens is 1. The molecule has 2 N–H and O–H groups in total. The number of aromatic amines is 1. The molecule has 0 fully saturated rings. The summed E-state index contributed by atoms with van der Waals surface area (Å²) in [6.07, 6.45) is 1.87. The third kappa shape index (κ3) is 5.26. The van der Waals surface area contributed by atoms with E-state index in [9.17, 15) is 4.79 Å². The number of hydrogen-bond donors (Lipinski definition) is 2. The lowest BCUT2D eigenvalue weighted by molar-refractivity contribution is -0.120.